The van der Waals surface area contributed by atoms with E-state index in [0.29, 0.717) is 18.6 Å². The largest absolute Gasteiger partial charge is 0.416 e. The SMILES string of the molecule is OCCN(CCO)C1=CCCCC[C@H]1NC(=S)Nc1cc(C(F)(F)F)cc(C(F)(F)F)c1. The van der Waals surface area contributed by atoms with Crippen molar-refractivity contribution in [1.82, 2.24) is 10.2 Å². The molecule has 0 saturated carbocycles. The maximum atomic E-state index is 13.1. The molecule has 2 rings (SSSR count). The average molecular weight is 485 g/mol. The normalized spacial score (nSPS) is 17.4. The van der Waals surface area contributed by atoms with Crippen LogP contribution in [0.5, 0.6) is 0 Å². The fraction of sp³-hybridized carbons (Fsp3) is 0.550. The minimum atomic E-state index is -4.96. The second-order valence-corrected chi connectivity index (χ2v) is 7.70. The van der Waals surface area contributed by atoms with E-state index in [4.69, 9.17) is 12.2 Å². The first-order valence-electron chi connectivity index (χ1n) is 9.99. The predicted molar refractivity (Wildman–Crippen MR) is 112 cm³/mol. The Kier molecular flexibility index (Phi) is 9.17. The highest BCUT2D eigenvalue weighted by molar-refractivity contribution is 7.80. The Bertz CT molecular complexity index is 775. The number of hydrogen-bond acceptors (Lipinski definition) is 4. The number of nitrogens with zero attached hydrogens (tertiary/aromatic N) is 1. The Hall–Kier alpha value is -2.05. The minimum absolute atomic E-state index is 0.0510. The van der Waals surface area contributed by atoms with Crippen LogP contribution < -0.4 is 10.6 Å². The monoisotopic (exact) mass is 485 g/mol. The van der Waals surface area contributed by atoms with E-state index in [-0.39, 0.29) is 43.5 Å². The Labute approximate surface area is 187 Å². The minimum Gasteiger partial charge on any atom is -0.395 e. The zero-order chi connectivity index (χ0) is 23.9. The molecule has 0 spiro atoms. The molecule has 0 bridgehead atoms. The molecule has 0 heterocycles. The number of benzene rings is 1. The summed E-state index contributed by atoms with van der Waals surface area (Å²) in [6.07, 6.45) is -4.92. The van der Waals surface area contributed by atoms with Crippen molar-refractivity contribution in [3.05, 3.63) is 41.1 Å². The molecule has 1 aliphatic carbocycles. The second-order valence-electron chi connectivity index (χ2n) is 7.29. The van der Waals surface area contributed by atoms with Crippen molar-refractivity contribution in [2.75, 3.05) is 31.6 Å². The van der Waals surface area contributed by atoms with Crippen LogP contribution in [0, 0.1) is 0 Å². The number of aliphatic hydroxyl groups excluding tert-OH is 2. The van der Waals surface area contributed by atoms with Gasteiger partial charge < -0.3 is 25.7 Å². The van der Waals surface area contributed by atoms with Crippen molar-refractivity contribution in [2.24, 2.45) is 0 Å². The number of aliphatic hydroxyl groups is 2. The van der Waals surface area contributed by atoms with Crippen molar-refractivity contribution in [3.8, 4) is 0 Å². The van der Waals surface area contributed by atoms with Gasteiger partial charge in [0.15, 0.2) is 5.11 Å². The molecular formula is C20H25F6N3O2S. The van der Waals surface area contributed by atoms with Gasteiger partial charge in [0.05, 0.1) is 30.4 Å². The van der Waals surface area contributed by atoms with Gasteiger partial charge in [-0.3, -0.25) is 0 Å². The first-order valence-corrected chi connectivity index (χ1v) is 10.4. The molecular weight excluding hydrogens is 460 g/mol. The zero-order valence-electron chi connectivity index (χ0n) is 17.1. The maximum Gasteiger partial charge on any atom is 0.416 e. The molecule has 0 fully saturated rings. The van der Waals surface area contributed by atoms with E-state index in [9.17, 15) is 36.6 Å². The standard InChI is InChI=1S/C20H25F6N3O2S/c21-19(22,23)13-10-14(20(24,25)26)12-15(11-13)27-18(32)28-16-4-2-1-3-5-17(16)29(6-8-30)7-9-31/h5,10-12,16,30-31H,1-4,6-9H2,(H2,27,28,32)/t16-/m1/s1. The molecule has 1 atom stereocenters. The van der Waals surface area contributed by atoms with E-state index in [2.05, 4.69) is 10.6 Å². The highest BCUT2D eigenvalue weighted by Gasteiger charge is 2.37. The Morgan fingerprint density at radius 1 is 0.969 bits per heavy atom. The molecule has 180 valence electrons. The number of nitrogens with one attached hydrogen (secondary N) is 2. The van der Waals surface area contributed by atoms with Gasteiger partial charge in [-0.15, -0.1) is 0 Å². The van der Waals surface area contributed by atoms with E-state index < -0.39 is 29.2 Å². The van der Waals surface area contributed by atoms with Crippen LogP contribution in [0.15, 0.2) is 30.0 Å². The number of allylic oxidation sites excluding steroid dienone is 1. The number of thiocarbonyl (C=S) groups is 1. The van der Waals surface area contributed by atoms with Gasteiger partial charge in [-0.2, -0.15) is 26.3 Å². The maximum absolute atomic E-state index is 13.1. The van der Waals surface area contributed by atoms with Gasteiger partial charge in [0, 0.05) is 24.5 Å². The van der Waals surface area contributed by atoms with Crippen LogP contribution in [0.2, 0.25) is 0 Å². The average Bonchev–Trinajstić information content (AvgIpc) is 2.91. The molecule has 0 amide bonds. The molecule has 4 N–H and O–H groups in total. The summed E-state index contributed by atoms with van der Waals surface area (Å²) in [6, 6.07) is 0.798. The van der Waals surface area contributed by atoms with Crippen molar-refractivity contribution in [3.63, 3.8) is 0 Å². The number of hydrogen-bond donors (Lipinski definition) is 4. The van der Waals surface area contributed by atoms with Gasteiger partial charge in [0.25, 0.3) is 0 Å². The topological polar surface area (TPSA) is 67.8 Å². The summed E-state index contributed by atoms with van der Waals surface area (Å²) in [6.45, 7) is 0.203. The summed E-state index contributed by atoms with van der Waals surface area (Å²) in [5.41, 5.74) is -2.56. The lowest BCUT2D eigenvalue weighted by Crippen LogP contribution is -2.44. The van der Waals surface area contributed by atoms with Crippen LogP contribution in [0.3, 0.4) is 0 Å². The van der Waals surface area contributed by atoms with Crippen molar-refractivity contribution >= 4 is 23.0 Å². The van der Waals surface area contributed by atoms with E-state index >= 15 is 0 Å². The van der Waals surface area contributed by atoms with Gasteiger partial charge in [-0.1, -0.05) is 12.5 Å². The summed E-state index contributed by atoms with van der Waals surface area (Å²) < 4.78 is 78.5. The number of anilines is 1. The van der Waals surface area contributed by atoms with Crippen LogP contribution in [0.4, 0.5) is 32.0 Å². The fourth-order valence-electron chi connectivity index (χ4n) is 3.49. The second kappa shape index (κ2) is 11.2. The summed E-state index contributed by atoms with van der Waals surface area (Å²) in [7, 11) is 0. The molecule has 0 unspecified atom stereocenters. The summed E-state index contributed by atoms with van der Waals surface area (Å²) >= 11 is 5.17. The lowest BCUT2D eigenvalue weighted by atomic mass is 10.1. The van der Waals surface area contributed by atoms with Gasteiger partial charge in [-0.05, 0) is 49.7 Å². The highest BCUT2D eigenvalue weighted by atomic mass is 32.1. The number of alkyl halides is 6. The molecule has 0 saturated heterocycles. The van der Waals surface area contributed by atoms with Crippen molar-refractivity contribution in [2.45, 2.75) is 44.1 Å². The smallest absolute Gasteiger partial charge is 0.395 e. The van der Waals surface area contributed by atoms with Gasteiger partial charge >= 0.3 is 12.4 Å². The molecule has 12 heteroatoms. The molecule has 1 aromatic rings. The lowest BCUT2D eigenvalue weighted by Gasteiger charge is -2.32. The fourth-order valence-corrected chi connectivity index (χ4v) is 3.75. The van der Waals surface area contributed by atoms with Crippen molar-refractivity contribution < 1.29 is 36.6 Å². The Balaban J connectivity index is 2.24. The van der Waals surface area contributed by atoms with E-state index in [1.165, 1.54) is 0 Å². The van der Waals surface area contributed by atoms with E-state index in [0.717, 1.165) is 25.0 Å². The third-order valence-corrected chi connectivity index (χ3v) is 5.13. The Morgan fingerprint density at radius 2 is 1.53 bits per heavy atom. The molecule has 0 radical (unpaired) electrons. The van der Waals surface area contributed by atoms with Crippen molar-refractivity contribution in [1.29, 1.82) is 0 Å². The summed E-state index contributed by atoms with van der Waals surface area (Å²) in [5, 5.41) is 23.9. The van der Waals surface area contributed by atoms with E-state index in [1.807, 2.05) is 6.08 Å². The van der Waals surface area contributed by atoms with Gasteiger partial charge in [0.2, 0.25) is 0 Å². The first kappa shape index (κ1) is 26.2. The van der Waals surface area contributed by atoms with Crippen LogP contribution in [0.1, 0.15) is 36.8 Å². The molecule has 1 aromatic carbocycles. The predicted octanol–water partition coefficient (Wildman–Crippen LogP) is 4.12. The van der Waals surface area contributed by atoms with Crippen LogP contribution in [-0.4, -0.2) is 52.6 Å². The molecule has 0 aliphatic heterocycles. The van der Waals surface area contributed by atoms with Crippen LogP contribution in [0.25, 0.3) is 0 Å². The molecule has 5 nitrogen and oxygen atoms in total. The molecule has 32 heavy (non-hydrogen) atoms. The van der Waals surface area contributed by atoms with Gasteiger partial charge in [0.1, 0.15) is 0 Å². The lowest BCUT2D eigenvalue weighted by molar-refractivity contribution is -0.143. The third kappa shape index (κ3) is 7.52. The zero-order valence-corrected chi connectivity index (χ0v) is 17.9. The van der Waals surface area contributed by atoms with Gasteiger partial charge in [-0.25, -0.2) is 0 Å². The Morgan fingerprint density at radius 3 is 2.03 bits per heavy atom. The first-order chi connectivity index (χ1) is 15.0. The third-order valence-electron chi connectivity index (χ3n) is 4.91. The number of rotatable bonds is 7. The van der Waals surface area contributed by atoms with Crippen LogP contribution >= 0.6 is 12.2 Å². The quantitative estimate of drug-likeness (QED) is 0.344. The van der Waals surface area contributed by atoms with Crippen LogP contribution in [-0.2, 0) is 12.4 Å². The van der Waals surface area contributed by atoms with E-state index in [1.54, 1.807) is 4.90 Å². The molecule has 0 aromatic heterocycles. The summed E-state index contributed by atoms with van der Waals surface area (Å²) in [4.78, 5) is 1.78. The molecule has 1 aliphatic rings. The summed E-state index contributed by atoms with van der Waals surface area (Å²) in [5.74, 6) is 0. The number of halogens is 6. The highest BCUT2D eigenvalue weighted by Crippen LogP contribution is 2.37.